The third-order valence-electron chi connectivity index (χ3n) is 5.75. The summed E-state index contributed by atoms with van der Waals surface area (Å²) in [6, 6.07) is 20.9. The minimum absolute atomic E-state index is 0.0492. The molecule has 4 aromatic rings. The number of carbonyl (C=O) groups excluding carboxylic acids is 2. The van der Waals surface area contributed by atoms with Gasteiger partial charge in [-0.05, 0) is 24.6 Å². The number of pyridine rings is 1. The molecule has 1 saturated heterocycles. The highest BCUT2D eigenvalue weighted by Crippen LogP contribution is 2.37. The molecule has 1 atom stereocenters. The lowest BCUT2D eigenvalue weighted by Crippen LogP contribution is -2.35. The second-order valence-corrected chi connectivity index (χ2v) is 8.99. The summed E-state index contributed by atoms with van der Waals surface area (Å²) in [5, 5.41) is 3.96. The molecular weight excluding hydrogens is 436 g/mol. The maximum absolute atomic E-state index is 13.6. The average molecular weight is 459 g/mol. The van der Waals surface area contributed by atoms with E-state index in [1.54, 1.807) is 39.8 Å². The normalized spacial score (nSPS) is 15.7. The molecule has 3 heterocycles. The molecule has 2 amide bonds. The monoisotopic (exact) mass is 458 g/mol. The molecule has 5 rings (SSSR count). The van der Waals surface area contributed by atoms with E-state index < -0.39 is 0 Å². The lowest BCUT2D eigenvalue weighted by molar-refractivity contribution is 0.104. The van der Waals surface area contributed by atoms with Crippen molar-refractivity contribution in [3.05, 3.63) is 94.3 Å². The van der Waals surface area contributed by atoms with E-state index in [4.69, 9.17) is 5.73 Å². The van der Waals surface area contributed by atoms with E-state index in [0.717, 1.165) is 6.42 Å². The van der Waals surface area contributed by atoms with E-state index in [2.05, 4.69) is 5.32 Å². The van der Waals surface area contributed by atoms with Crippen LogP contribution in [0.5, 0.6) is 0 Å². The van der Waals surface area contributed by atoms with E-state index in [1.165, 1.54) is 17.4 Å². The summed E-state index contributed by atoms with van der Waals surface area (Å²) in [5.41, 5.74) is 7.33. The molecule has 1 fully saturated rings. The number of likely N-dealkylation sites (tertiary alicyclic amines) is 1. The van der Waals surface area contributed by atoms with Gasteiger partial charge < -0.3 is 10.6 Å². The SMILES string of the molecule is N[C@@H]1CCN(C(=O)Nc2sc3c(ccc(=O)n3-c3ccccc3)c2C(=O)c2ccccc2)C1. The number of hydrogen-bond donors (Lipinski definition) is 2. The summed E-state index contributed by atoms with van der Waals surface area (Å²) in [5.74, 6) is -0.214. The molecule has 2 aromatic carbocycles. The number of urea groups is 1. The van der Waals surface area contributed by atoms with Crippen molar-refractivity contribution in [2.45, 2.75) is 12.5 Å². The molecule has 2 aromatic heterocycles. The number of ketones is 1. The zero-order chi connectivity index (χ0) is 22.9. The number of nitrogens with one attached hydrogen (secondary N) is 1. The summed E-state index contributed by atoms with van der Waals surface area (Å²) in [7, 11) is 0. The van der Waals surface area contributed by atoms with Crippen molar-refractivity contribution in [3.63, 3.8) is 0 Å². The van der Waals surface area contributed by atoms with Gasteiger partial charge in [-0.25, -0.2) is 4.79 Å². The number of benzene rings is 2. The summed E-state index contributed by atoms with van der Waals surface area (Å²) >= 11 is 1.22. The third kappa shape index (κ3) is 3.94. The molecule has 0 spiro atoms. The highest BCUT2D eigenvalue weighted by atomic mass is 32.1. The van der Waals surface area contributed by atoms with E-state index in [-0.39, 0.29) is 23.4 Å². The fourth-order valence-electron chi connectivity index (χ4n) is 4.10. The smallest absolute Gasteiger partial charge is 0.322 e. The first-order valence-corrected chi connectivity index (χ1v) is 11.5. The fraction of sp³-hybridized carbons (Fsp3) is 0.160. The Labute approximate surface area is 194 Å². The van der Waals surface area contributed by atoms with Crippen LogP contribution in [0.2, 0.25) is 0 Å². The van der Waals surface area contributed by atoms with Gasteiger partial charge in [0, 0.05) is 36.1 Å². The lowest BCUT2D eigenvalue weighted by Gasteiger charge is -2.16. The Morgan fingerprint density at radius 2 is 1.67 bits per heavy atom. The van der Waals surface area contributed by atoms with E-state index in [0.29, 0.717) is 45.1 Å². The maximum Gasteiger partial charge on any atom is 0.322 e. The topological polar surface area (TPSA) is 97.4 Å². The predicted octanol–water partition coefficient (Wildman–Crippen LogP) is 3.85. The van der Waals surface area contributed by atoms with E-state index in [9.17, 15) is 14.4 Å². The number of amides is 2. The first kappa shape index (κ1) is 21.1. The molecule has 3 N–H and O–H groups in total. The molecule has 1 aliphatic rings. The number of thiophene rings is 1. The number of nitrogens with zero attached hydrogens (tertiary/aromatic N) is 2. The molecule has 0 aliphatic carbocycles. The number of aromatic nitrogens is 1. The number of nitrogens with two attached hydrogens (primary N) is 1. The first-order chi connectivity index (χ1) is 16.0. The standard InChI is InChI=1S/C25H22N4O3S/c26-17-13-14-28(15-17)25(32)27-23-21(22(31)16-7-3-1-4-8-16)19-11-12-20(30)29(24(19)33-23)18-9-5-2-6-10-18/h1-12,17H,13-15,26H2,(H,27,32)/t17-/m1/s1. The van der Waals surface area contributed by atoms with Crippen LogP contribution in [-0.4, -0.2) is 40.4 Å². The quantitative estimate of drug-likeness (QED) is 0.454. The van der Waals surface area contributed by atoms with Crippen LogP contribution in [0.4, 0.5) is 9.80 Å². The molecule has 33 heavy (non-hydrogen) atoms. The minimum Gasteiger partial charge on any atom is -0.326 e. The van der Waals surface area contributed by atoms with Gasteiger partial charge in [-0.3, -0.25) is 19.5 Å². The van der Waals surface area contributed by atoms with Crippen LogP contribution in [0.15, 0.2) is 77.6 Å². The van der Waals surface area contributed by atoms with Crippen LogP contribution in [0, 0.1) is 0 Å². The van der Waals surface area contributed by atoms with Gasteiger partial charge in [-0.1, -0.05) is 59.9 Å². The van der Waals surface area contributed by atoms with Crippen LogP contribution in [-0.2, 0) is 0 Å². The highest BCUT2D eigenvalue weighted by Gasteiger charge is 2.28. The third-order valence-corrected chi connectivity index (χ3v) is 6.86. The Balaban J connectivity index is 1.68. The Hall–Kier alpha value is -3.75. The van der Waals surface area contributed by atoms with Crippen LogP contribution < -0.4 is 16.6 Å². The Kier molecular flexibility index (Phi) is 5.53. The summed E-state index contributed by atoms with van der Waals surface area (Å²) in [6.07, 6.45) is 0.739. The van der Waals surface area contributed by atoms with Gasteiger partial charge in [0.05, 0.1) is 11.3 Å². The molecule has 0 radical (unpaired) electrons. The molecule has 0 saturated carbocycles. The molecule has 7 nitrogen and oxygen atoms in total. The average Bonchev–Trinajstić information content (AvgIpc) is 3.43. The molecule has 0 unspecified atom stereocenters. The van der Waals surface area contributed by atoms with Crippen molar-refractivity contribution in [2.75, 3.05) is 18.4 Å². The number of carbonyl (C=O) groups is 2. The van der Waals surface area contributed by atoms with Gasteiger partial charge >= 0.3 is 6.03 Å². The van der Waals surface area contributed by atoms with E-state index in [1.807, 2.05) is 36.4 Å². The zero-order valence-electron chi connectivity index (χ0n) is 17.7. The van der Waals surface area contributed by atoms with Gasteiger partial charge in [0.2, 0.25) is 0 Å². The second kappa shape index (κ2) is 8.65. The van der Waals surface area contributed by atoms with Crippen LogP contribution in [0.3, 0.4) is 0 Å². The van der Waals surface area contributed by atoms with Gasteiger partial charge in [0.25, 0.3) is 5.56 Å². The largest absolute Gasteiger partial charge is 0.326 e. The Morgan fingerprint density at radius 3 is 2.33 bits per heavy atom. The zero-order valence-corrected chi connectivity index (χ0v) is 18.5. The van der Waals surface area contributed by atoms with Crippen molar-refractivity contribution < 1.29 is 9.59 Å². The molecule has 166 valence electrons. The number of fused-ring (bicyclic) bond motifs is 1. The lowest BCUT2D eigenvalue weighted by atomic mass is 10.0. The van der Waals surface area contributed by atoms with Crippen LogP contribution >= 0.6 is 11.3 Å². The number of anilines is 1. The van der Waals surface area contributed by atoms with Crippen molar-refractivity contribution in [1.29, 1.82) is 0 Å². The van der Waals surface area contributed by atoms with E-state index >= 15 is 0 Å². The number of rotatable bonds is 4. The maximum atomic E-state index is 13.6. The minimum atomic E-state index is -0.301. The Morgan fingerprint density at radius 1 is 0.970 bits per heavy atom. The number of hydrogen-bond acceptors (Lipinski definition) is 5. The molecule has 1 aliphatic heterocycles. The van der Waals surface area contributed by atoms with Crippen molar-refractivity contribution in [3.8, 4) is 5.69 Å². The number of para-hydroxylation sites is 1. The van der Waals surface area contributed by atoms with Crippen molar-refractivity contribution in [2.24, 2.45) is 5.73 Å². The molecule has 0 bridgehead atoms. The summed E-state index contributed by atoms with van der Waals surface area (Å²) < 4.78 is 1.57. The summed E-state index contributed by atoms with van der Waals surface area (Å²) in [4.78, 5) is 41.6. The van der Waals surface area contributed by atoms with Gasteiger partial charge in [-0.15, -0.1) is 0 Å². The molecular formula is C25H22N4O3S. The first-order valence-electron chi connectivity index (χ1n) is 10.7. The van der Waals surface area contributed by atoms with Gasteiger partial charge in [-0.2, -0.15) is 0 Å². The van der Waals surface area contributed by atoms with Crippen molar-refractivity contribution in [1.82, 2.24) is 9.47 Å². The van der Waals surface area contributed by atoms with Crippen LogP contribution in [0.1, 0.15) is 22.3 Å². The fourth-order valence-corrected chi connectivity index (χ4v) is 5.30. The molecule has 8 heteroatoms. The summed E-state index contributed by atoms with van der Waals surface area (Å²) in [6.45, 7) is 1.03. The van der Waals surface area contributed by atoms with Gasteiger partial charge in [0.1, 0.15) is 9.83 Å². The van der Waals surface area contributed by atoms with Crippen LogP contribution in [0.25, 0.3) is 15.9 Å². The predicted molar refractivity (Wildman–Crippen MR) is 130 cm³/mol. The highest BCUT2D eigenvalue weighted by molar-refractivity contribution is 7.23. The Bertz CT molecular complexity index is 1400. The van der Waals surface area contributed by atoms with Crippen molar-refractivity contribution >= 4 is 38.4 Å². The van der Waals surface area contributed by atoms with Gasteiger partial charge in [0.15, 0.2) is 5.78 Å². The second-order valence-electron chi connectivity index (χ2n) is 7.99.